The summed E-state index contributed by atoms with van der Waals surface area (Å²) in [7, 11) is 0. The van der Waals surface area contributed by atoms with Gasteiger partial charge in [-0.05, 0) is 37.6 Å². The maximum absolute atomic E-state index is 11.5. The van der Waals surface area contributed by atoms with Crippen LogP contribution in [0.1, 0.15) is 30.6 Å². The molecule has 2 nitrogen and oxygen atoms in total. The van der Waals surface area contributed by atoms with E-state index in [0.717, 1.165) is 11.3 Å². The normalized spacial score (nSPS) is 12.2. The quantitative estimate of drug-likeness (QED) is 0.613. The monoisotopic (exact) mass is 210 g/mol. The molecule has 0 saturated heterocycles. The minimum Gasteiger partial charge on any atom is -0.459 e. The van der Waals surface area contributed by atoms with Crippen molar-refractivity contribution in [1.29, 1.82) is 0 Å². The highest BCUT2D eigenvalue weighted by Gasteiger charge is 2.09. The van der Waals surface area contributed by atoms with Crippen LogP contribution < -0.4 is 0 Å². The van der Waals surface area contributed by atoms with E-state index in [1.807, 2.05) is 13.8 Å². The lowest BCUT2D eigenvalue weighted by Gasteiger charge is -2.10. The first-order chi connectivity index (χ1) is 6.63. The Morgan fingerprint density at radius 1 is 1.43 bits per heavy atom. The molecule has 0 aliphatic heterocycles. The largest absolute Gasteiger partial charge is 0.459 e. The molecule has 0 aliphatic carbocycles. The summed E-state index contributed by atoms with van der Waals surface area (Å²) in [5.74, 6) is -0.271. The van der Waals surface area contributed by atoms with Crippen molar-refractivity contribution < 1.29 is 9.53 Å². The lowest BCUT2D eigenvalue weighted by atomic mass is 10.2. The summed E-state index contributed by atoms with van der Waals surface area (Å²) in [5.41, 5.74) is 0.572. The molecule has 76 valence electrons. The molecule has 0 N–H and O–H groups in total. The van der Waals surface area contributed by atoms with E-state index in [2.05, 4.69) is 12.6 Å². The van der Waals surface area contributed by atoms with Crippen LogP contribution in [0.2, 0.25) is 0 Å². The van der Waals surface area contributed by atoms with Gasteiger partial charge < -0.3 is 4.74 Å². The molecule has 14 heavy (non-hydrogen) atoms. The number of ether oxygens (including phenoxy) is 1. The number of thiol groups is 1. The molecule has 0 fully saturated rings. The molecule has 0 aromatic heterocycles. The predicted octanol–water partition coefficient (Wildman–Crippen LogP) is 2.93. The molecule has 1 unspecified atom stereocenters. The van der Waals surface area contributed by atoms with E-state index >= 15 is 0 Å². The zero-order valence-electron chi connectivity index (χ0n) is 8.36. The zero-order chi connectivity index (χ0) is 10.6. The minimum absolute atomic E-state index is 0.0295. The second-order valence-electron chi connectivity index (χ2n) is 3.17. The van der Waals surface area contributed by atoms with E-state index in [4.69, 9.17) is 4.74 Å². The highest BCUT2D eigenvalue weighted by atomic mass is 32.1. The third kappa shape index (κ3) is 3.07. The average Bonchev–Trinajstić information content (AvgIpc) is 2.18. The molecular weight excluding hydrogens is 196 g/mol. The summed E-state index contributed by atoms with van der Waals surface area (Å²) >= 11 is 4.14. The smallest absolute Gasteiger partial charge is 0.338 e. The highest BCUT2D eigenvalue weighted by Crippen LogP contribution is 2.10. The average molecular weight is 210 g/mol. The van der Waals surface area contributed by atoms with Crippen molar-refractivity contribution in [3.63, 3.8) is 0 Å². The number of benzene rings is 1. The Balaban J connectivity index is 2.65. The van der Waals surface area contributed by atoms with Gasteiger partial charge in [0.05, 0.1) is 11.7 Å². The van der Waals surface area contributed by atoms with Crippen LogP contribution in [0.3, 0.4) is 0 Å². The van der Waals surface area contributed by atoms with E-state index < -0.39 is 0 Å². The fourth-order valence-electron chi connectivity index (χ4n) is 0.932. The van der Waals surface area contributed by atoms with Crippen molar-refractivity contribution in [2.75, 3.05) is 0 Å². The fraction of sp³-hybridized carbons (Fsp3) is 0.364. The van der Waals surface area contributed by atoms with Gasteiger partial charge in [0.25, 0.3) is 0 Å². The molecule has 0 bridgehead atoms. The number of carbonyl (C=O) groups is 1. The molecular formula is C11H14O2S. The minimum atomic E-state index is -0.271. The second-order valence-corrected chi connectivity index (χ2v) is 3.69. The van der Waals surface area contributed by atoms with Crippen LogP contribution in [-0.4, -0.2) is 12.1 Å². The number of hydrogen-bond acceptors (Lipinski definition) is 3. The van der Waals surface area contributed by atoms with Crippen LogP contribution in [0.15, 0.2) is 29.2 Å². The van der Waals surface area contributed by atoms with E-state index in [9.17, 15) is 4.79 Å². The summed E-state index contributed by atoms with van der Waals surface area (Å²) in [6.07, 6.45) is 0.800. The lowest BCUT2D eigenvalue weighted by Crippen LogP contribution is -2.13. The van der Waals surface area contributed by atoms with Crippen LogP contribution >= 0.6 is 12.6 Å². The molecule has 1 atom stereocenters. The van der Waals surface area contributed by atoms with Crippen molar-refractivity contribution in [3.8, 4) is 0 Å². The maximum Gasteiger partial charge on any atom is 0.338 e. The molecule has 0 radical (unpaired) electrons. The van der Waals surface area contributed by atoms with Gasteiger partial charge in [-0.3, -0.25) is 0 Å². The van der Waals surface area contributed by atoms with Gasteiger partial charge in [0.2, 0.25) is 0 Å². The standard InChI is InChI=1S/C11H14O2S/c1-3-8(2)13-11(12)9-4-6-10(14)7-5-9/h4-8,14H,3H2,1-2H3. The Labute approximate surface area is 89.7 Å². The topological polar surface area (TPSA) is 26.3 Å². The summed E-state index contributed by atoms with van der Waals surface area (Å²) in [6.45, 7) is 3.86. The van der Waals surface area contributed by atoms with E-state index in [1.54, 1.807) is 24.3 Å². The summed E-state index contributed by atoms with van der Waals surface area (Å²) < 4.78 is 5.16. The van der Waals surface area contributed by atoms with Gasteiger partial charge >= 0.3 is 5.97 Å². The van der Waals surface area contributed by atoms with E-state index in [1.165, 1.54) is 0 Å². The Bertz CT molecular complexity index is 306. The molecule has 3 heteroatoms. The first-order valence-electron chi connectivity index (χ1n) is 4.63. The van der Waals surface area contributed by atoms with E-state index in [-0.39, 0.29) is 12.1 Å². The first kappa shape index (κ1) is 11.1. The highest BCUT2D eigenvalue weighted by molar-refractivity contribution is 7.80. The Morgan fingerprint density at radius 2 is 2.00 bits per heavy atom. The van der Waals surface area contributed by atoms with Gasteiger partial charge in [-0.2, -0.15) is 0 Å². The summed E-state index contributed by atoms with van der Waals surface area (Å²) in [5, 5.41) is 0. The first-order valence-corrected chi connectivity index (χ1v) is 5.08. The molecule has 0 amide bonds. The molecule has 0 spiro atoms. The number of esters is 1. The molecule has 0 saturated carbocycles. The summed E-state index contributed by atoms with van der Waals surface area (Å²) in [4.78, 5) is 12.3. The molecule has 1 aromatic rings. The van der Waals surface area contributed by atoms with Crippen molar-refractivity contribution in [2.45, 2.75) is 31.3 Å². The van der Waals surface area contributed by atoms with Crippen LogP contribution in [-0.2, 0) is 4.74 Å². The van der Waals surface area contributed by atoms with Gasteiger partial charge in [0, 0.05) is 4.90 Å². The van der Waals surface area contributed by atoms with E-state index in [0.29, 0.717) is 5.56 Å². The Hall–Kier alpha value is -0.960. The van der Waals surface area contributed by atoms with Gasteiger partial charge in [-0.15, -0.1) is 12.6 Å². The zero-order valence-corrected chi connectivity index (χ0v) is 9.25. The second kappa shape index (κ2) is 5.05. The van der Waals surface area contributed by atoms with Gasteiger partial charge in [-0.25, -0.2) is 4.79 Å². The third-order valence-electron chi connectivity index (χ3n) is 1.99. The number of hydrogen-bond donors (Lipinski definition) is 1. The van der Waals surface area contributed by atoms with Crippen molar-refractivity contribution in [3.05, 3.63) is 29.8 Å². The van der Waals surface area contributed by atoms with Gasteiger partial charge in [0.1, 0.15) is 0 Å². The van der Waals surface area contributed by atoms with Crippen molar-refractivity contribution in [1.82, 2.24) is 0 Å². The van der Waals surface area contributed by atoms with Crippen molar-refractivity contribution in [2.24, 2.45) is 0 Å². The SMILES string of the molecule is CCC(C)OC(=O)c1ccc(S)cc1. The van der Waals surface area contributed by atoms with Crippen LogP contribution in [0.25, 0.3) is 0 Å². The summed E-state index contributed by atoms with van der Waals surface area (Å²) in [6, 6.07) is 6.98. The molecule has 1 rings (SSSR count). The number of carbonyl (C=O) groups excluding carboxylic acids is 1. The van der Waals surface area contributed by atoms with Crippen molar-refractivity contribution >= 4 is 18.6 Å². The predicted molar refractivity (Wildman–Crippen MR) is 58.9 cm³/mol. The molecule has 0 heterocycles. The van der Waals surface area contributed by atoms with Gasteiger partial charge in [0.15, 0.2) is 0 Å². The Kier molecular flexibility index (Phi) is 4.01. The number of rotatable bonds is 3. The lowest BCUT2D eigenvalue weighted by molar-refractivity contribution is 0.0334. The van der Waals surface area contributed by atoms with Crippen LogP contribution in [0.4, 0.5) is 0 Å². The maximum atomic E-state index is 11.5. The molecule has 1 aromatic carbocycles. The third-order valence-corrected chi connectivity index (χ3v) is 2.28. The molecule has 0 aliphatic rings. The van der Waals surface area contributed by atoms with Gasteiger partial charge in [-0.1, -0.05) is 6.92 Å². The fourth-order valence-corrected chi connectivity index (χ4v) is 1.08. The Morgan fingerprint density at radius 3 is 2.50 bits per heavy atom. The van der Waals surface area contributed by atoms with Crippen LogP contribution in [0.5, 0.6) is 0 Å². The van der Waals surface area contributed by atoms with Crippen LogP contribution in [0, 0.1) is 0 Å².